The highest BCUT2D eigenvalue weighted by molar-refractivity contribution is 5.90. The molecule has 3 rings (SSSR count). The number of nitrogens with one attached hydrogen (secondary N) is 3. The van der Waals surface area contributed by atoms with Gasteiger partial charge < -0.3 is 16.0 Å². The molecule has 1 aromatic carbocycles. The first-order valence-corrected chi connectivity index (χ1v) is 6.57. The molecule has 2 aliphatic rings. The van der Waals surface area contributed by atoms with E-state index in [1.807, 2.05) is 0 Å². The minimum Gasteiger partial charge on any atom is -0.347 e. The lowest BCUT2D eigenvalue weighted by Gasteiger charge is -2.17. The van der Waals surface area contributed by atoms with Crippen LogP contribution in [0, 0.1) is 6.92 Å². The Morgan fingerprint density at radius 2 is 2.26 bits per heavy atom. The summed E-state index contributed by atoms with van der Waals surface area (Å²) in [7, 11) is 0. The van der Waals surface area contributed by atoms with Crippen LogP contribution in [0.2, 0.25) is 0 Å². The average Bonchev–Trinajstić information content (AvgIpc) is 2.96. The molecule has 2 atom stereocenters. The fourth-order valence-electron chi connectivity index (χ4n) is 2.78. The van der Waals surface area contributed by atoms with Crippen LogP contribution in [0.3, 0.4) is 0 Å². The van der Waals surface area contributed by atoms with E-state index >= 15 is 0 Å². The predicted octanol–water partition coefficient (Wildman–Crippen LogP) is 0.780. The Labute approximate surface area is 111 Å². The highest BCUT2D eigenvalue weighted by Gasteiger charge is 2.30. The van der Waals surface area contributed by atoms with Crippen LogP contribution in [0.5, 0.6) is 0 Å². The summed E-state index contributed by atoms with van der Waals surface area (Å²) < 4.78 is 0. The highest BCUT2D eigenvalue weighted by atomic mass is 16.2. The zero-order chi connectivity index (χ0) is 13.4. The number of rotatable bonds is 2. The van der Waals surface area contributed by atoms with Gasteiger partial charge in [-0.15, -0.1) is 0 Å². The highest BCUT2D eigenvalue weighted by Crippen LogP contribution is 2.31. The Hall–Kier alpha value is -2.04. The molecule has 5 nitrogen and oxygen atoms in total. The SMILES string of the molecule is Cc1ccc2c(c1)CC[C@H]2NC(=O)[C@@H]1CNC(=O)N1. The van der Waals surface area contributed by atoms with Crippen LogP contribution in [0.25, 0.3) is 0 Å². The Bertz CT molecular complexity index is 541. The van der Waals surface area contributed by atoms with Crippen LogP contribution in [0.1, 0.15) is 29.2 Å². The second kappa shape index (κ2) is 4.57. The van der Waals surface area contributed by atoms with Crippen LogP contribution < -0.4 is 16.0 Å². The second-order valence-corrected chi connectivity index (χ2v) is 5.21. The molecule has 1 heterocycles. The van der Waals surface area contributed by atoms with Crippen molar-refractivity contribution in [2.75, 3.05) is 6.54 Å². The molecule has 3 N–H and O–H groups in total. The summed E-state index contributed by atoms with van der Waals surface area (Å²) in [6, 6.07) is 5.68. The molecule has 19 heavy (non-hydrogen) atoms. The van der Waals surface area contributed by atoms with E-state index in [1.165, 1.54) is 16.7 Å². The first kappa shape index (κ1) is 12.0. The third-order valence-corrected chi connectivity index (χ3v) is 3.78. The van der Waals surface area contributed by atoms with Gasteiger partial charge in [-0.05, 0) is 30.9 Å². The van der Waals surface area contributed by atoms with Crippen molar-refractivity contribution in [2.24, 2.45) is 0 Å². The van der Waals surface area contributed by atoms with Crippen LogP contribution in [-0.4, -0.2) is 24.5 Å². The molecule has 100 valence electrons. The van der Waals surface area contributed by atoms with E-state index < -0.39 is 6.04 Å². The molecule has 3 amide bonds. The van der Waals surface area contributed by atoms with Crippen LogP contribution in [-0.2, 0) is 11.2 Å². The third kappa shape index (κ3) is 2.28. The summed E-state index contributed by atoms with van der Waals surface area (Å²) in [5, 5.41) is 8.21. The zero-order valence-electron chi connectivity index (χ0n) is 10.8. The van der Waals surface area contributed by atoms with Gasteiger partial charge in [0.25, 0.3) is 0 Å². The van der Waals surface area contributed by atoms with Gasteiger partial charge in [-0.3, -0.25) is 4.79 Å². The first-order valence-electron chi connectivity index (χ1n) is 6.57. The molecular weight excluding hydrogens is 242 g/mol. The van der Waals surface area contributed by atoms with Gasteiger partial charge in [-0.2, -0.15) is 0 Å². The van der Waals surface area contributed by atoms with E-state index in [0.29, 0.717) is 6.54 Å². The Morgan fingerprint density at radius 1 is 1.42 bits per heavy atom. The first-order chi connectivity index (χ1) is 9.13. The number of aryl methyl sites for hydroxylation is 2. The molecule has 0 spiro atoms. The van der Waals surface area contributed by atoms with E-state index in [4.69, 9.17) is 0 Å². The Kier molecular flexibility index (Phi) is 2.89. The number of carbonyl (C=O) groups excluding carboxylic acids is 2. The molecule has 1 fully saturated rings. The maximum atomic E-state index is 12.1. The smallest absolute Gasteiger partial charge is 0.315 e. The normalized spacial score (nSPS) is 24.6. The quantitative estimate of drug-likeness (QED) is 0.734. The molecule has 1 aliphatic carbocycles. The molecule has 1 saturated heterocycles. The molecule has 0 aromatic heterocycles. The van der Waals surface area contributed by atoms with Gasteiger partial charge in [-0.1, -0.05) is 23.8 Å². The third-order valence-electron chi connectivity index (χ3n) is 3.78. The van der Waals surface area contributed by atoms with Gasteiger partial charge in [-0.25, -0.2) is 4.79 Å². The van der Waals surface area contributed by atoms with Crippen molar-refractivity contribution in [2.45, 2.75) is 31.8 Å². The monoisotopic (exact) mass is 259 g/mol. The lowest BCUT2D eigenvalue weighted by molar-refractivity contribution is -0.123. The lowest BCUT2D eigenvalue weighted by atomic mass is 10.1. The molecular formula is C14H17N3O2. The molecule has 0 bridgehead atoms. The van der Waals surface area contributed by atoms with Crippen LogP contribution >= 0.6 is 0 Å². The lowest BCUT2D eigenvalue weighted by Crippen LogP contribution is -2.43. The van der Waals surface area contributed by atoms with E-state index in [-0.39, 0.29) is 18.0 Å². The molecule has 0 unspecified atom stereocenters. The number of benzene rings is 1. The summed E-state index contributed by atoms with van der Waals surface area (Å²) in [5.74, 6) is -0.114. The van der Waals surface area contributed by atoms with Crippen LogP contribution in [0.4, 0.5) is 4.79 Å². The number of fused-ring (bicyclic) bond motifs is 1. The Morgan fingerprint density at radius 3 is 3.00 bits per heavy atom. The number of amides is 3. The number of urea groups is 1. The van der Waals surface area contributed by atoms with E-state index in [9.17, 15) is 9.59 Å². The number of hydrogen-bond donors (Lipinski definition) is 3. The summed E-state index contributed by atoms with van der Waals surface area (Å²) in [4.78, 5) is 23.1. The maximum absolute atomic E-state index is 12.1. The van der Waals surface area contributed by atoms with Crippen LogP contribution in [0.15, 0.2) is 18.2 Å². The summed E-state index contributed by atoms with van der Waals surface area (Å²) in [6.07, 6.45) is 1.93. The molecule has 0 radical (unpaired) electrons. The van der Waals surface area contributed by atoms with E-state index in [2.05, 4.69) is 41.1 Å². The van der Waals surface area contributed by atoms with Crippen molar-refractivity contribution in [3.05, 3.63) is 34.9 Å². The van der Waals surface area contributed by atoms with Gasteiger partial charge in [0.05, 0.1) is 6.04 Å². The summed E-state index contributed by atoms with van der Waals surface area (Å²) in [5.41, 5.74) is 3.77. The summed E-state index contributed by atoms with van der Waals surface area (Å²) >= 11 is 0. The minimum absolute atomic E-state index is 0.0700. The molecule has 1 aliphatic heterocycles. The maximum Gasteiger partial charge on any atom is 0.315 e. The van der Waals surface area contributed by atoms with Gasteiger partial charge in [0.15, 0.2) is 0 Å². The van der Waals surface area contributed by atoms with Gasteiger partial charge >= 0.3 is 6.03 Å². The van der Waals surface area contributed by atoms with Crippen molar-refractivity contribution in [1.29, 1.82) is 0 Å². The number of hydrogen-bond acceptors (Lipinski definition) is 2. The molecule has 5 heteroatoms. The predicted molar refractivity (Wildman–Crippen MR) is 70.7 cm³/mol. The van der Waals surface area contributed by atoms with Crippen molar-refractivity contribution < 1.29 is 9.59 Å². The van der Waals surface area contributed by atoms with Gasteiger partial charge in [0.2, 0.25) is 5.91 Å². The van der Waals surface area contributed by atoms with E-state index in [1.54, 1.807) is 0 Å². The van der Waals surface area contributed by atoms with Crippen molar-refractivity contribution in [1.82, 2.24) is 16.0 Å². The van der Waals surface area contributed by atoms with Gasteiger partial charge in [0.1, 0.15) is 6.04 Å². The molecule has 0 saturated carbocycles. The fourth-order valence-corrected chi connectivity index (χ4v) is 2.78. The topological polar surface area (TPSA) is 70.2 Å². The van der Waals surface area contributed by atoms with Gasteiger partial charge in [0, 0.05) is 6.54 Å². The van der Waals surface area contributed by atoms with E-state index in [0.717, 1.165) is 12.8 Å². The zero-order valence-corrected chi connectivity index (χ0v) is 10.8. The fraction of sp³-hybridized carbons (Fsp3) is 0.429. The summed E-state index contributed by atoms with van der Waals surface area (Å²) in [6.45, 7) is 2.43. The second-order valence-electron chi connectivity index (χ2n) is 5.21. The average molecular weight is 259 g/mol. The standard InChI is InChI=1S/C14H17N3O2/c1-8-2-4-10-9(6-8)3-5-11(10)16-13(18)12-7-15-14(19)17-12/h2,4,6,11-12H,3,5,7H2,1H3,(H,16,18)(H2,15,17,19)/t11-,12+/m1/s1. The largest absolute Gasteiger partial charge is 0.347 e. The Balaban J connectivity index is 1.69. The van der Waals surface area contributed by atoms with Crippen molar-refractivity contribution in [3.63, 3.8) is 0 Å². The molecule has 1 aromatic rings. The number of carbonyl (C=O) groups is 2. The minimum atomic E-state index is -0.456. The van der Waals surface area contributed by atoms with Crippen molar-refractivity contribution >= 4 is 11.9 Å². The van der Waals surface area contributed by atoms with Crippen molar-refractivity contribution in [3.8, 4) is 0 Å².